The molecule has 1 rings (SSSR count). The van der Waals surface area contributed by atoms with E-state index in [0.29, 0.717) is 5.56 Å². The standard InChI is InChI=1S/C13H18N2O/c1-13(2,3)9-15-12-7-11(16-4)6-5-10(12)8-14/h5-7,15H,9H2,1-4H3. The summed E-state index contributed by atoms with van der Waals surface area (Å²) in [6.07, 6.45) is 0. The van der Waals surface area contributed by atoms with E-state index in [1.165, 1.54) is 0 Å². The summed E-state index contributed by atoms with van der Waals surface area (Å²) in [6, 6.07) is 7.58. The summed E-state index contributed by atoms with van der Waals surface area (Å²) in [5.74, 6) is 0.760. The Balaban J connectivity index is 2.89. The van der Waals surface area contributed by atoms with Crippen LogP contribution in [0.1, 0.15) is 26.3 Å². The number of nitrogens with one attached hydrogen (secondary N) is 1. The number of nitrogens with zero attached hydrogens (tertiary/aromatic N) is 1. The van der Waals surface area contributed by atoms with Gasteiger partial charge in [-0.15, -0.1) is 0 Å². The third-order valence-corrected chi connectivity index (χ3v) is 2.16. The molecule has 1 aromatic carbocycles. The molecule has 0 unspecified atom stereocenters. The second-order valence-electron chi connectivity index (χ2n) is 4.94. The molecular formula is C13H18N2O. The molecule has 0 amide bonds. The average molecular weight is 218 g/mol. The summed E-state index contributed by atoms with van der Waals surface area (Å²) in [6.45, 7) is 7.25. The predicted octanol–water partition coefficient (Wildman–Crippen LogP) is 3.02. The van der Waals surface area contributed by atoms with E-state index in [1.54, 1.807) is 19.2 Å². The Morgan fingerprint density at radius 2 is 2.06 bits per heavy atom. The van der Waals surface area contributed by atoms with Crippen LogP contribution in [0.5, 0.6) is 5.75 Å². The van der Waals surface area contributed by atoms with Crippen molar-refractivity contribution >= 4 is 5.69 Å². The molecule has 1 N–H and O–H groups in total. The molecule has 0 saturated carbocycles. The van der Waals surface area contributed by atoms with E-state index in [-0.39, 0.29) is 5.41 Å². The second-order valence-corrected chi connectivity index (χ2v) is 4.94. The van der Waals surface area contributed by atoms with Gasteiger partial charge in [0.05, 0.1) is 18.4 Å². The van der Waals surface area contributed by atoms with E-state index < -0.39 is 0 Å². The zero-order chi connectivity index (χ0) is 12.2. The maximum atomic E-state index is 8.98. The Bertz CT molecular complexity index is 399. The monoisotopic (exact) mass is 218 g/mol. The zero-order valence-corrected chi connectivity index (χ0v) is 10.3. The van der Waals surface area contributed by atoms with Crippen molar-refractivity contribution in [2.24, 2.45) is 5.41 Å². The van der Waals surface area contributed by atoms with Crippen molar-refractivity contribution in [3.63, 3.8) is 0 Å². The smallest absolute Gasteiger partial charge is 0.121 e. The number of anilines is 1. The van der Waals surface area contributed by atoms with Gasteiger partial charge in [-0.1, -0.05) is 20.8 Å². The number of rotatable bonds is 3. The molecule has 0 atom stereocenters. The molecule has 0 aromatic heterocycles. The first kappa shape index (κ1) is 12.4. The van der Waals surface area contributed by atoms with Crippen LogP contribution in [0.4, 0.5) is 5.69 Å². The van der Waals surface area contributed by atoms with Gasteiger partial charge in [0.15, 0.2) is 0 Å². The van der Waals surface area contributed by atoms with Crippen molar-refractivity contribution in [2.75, 3.05) is 19.0 Å². The van der Waals surface area contributed by atoms with Gasteiger partial charge in [0.1, 0.15) is 11.8 Å². The number of methoxy groups -OCH3 is 1. The third kappa shape index (κ3) is 3.47. The van der Waals surface area contributed by atoms with E-state index in [4.69, 9.17) is 10.00 Å². The first-order valence-corrected chi connectivity index (χ1v) is 5.28. The van der Waals surface area contributed by atoms with Crippen molar-refractivity contribution in [2.45, 2.75) is 20.8 Å². The fourth-order valence-electron chi connectivity index (χ4n) is 1.25. The minimum atomic E-state index is 0.176. The molecule has 0 saturated heterocycles. The van der Waals surface area contributed by atoms with Gasteiger partial charge in [-0.25, -0.2) is 0 Å². The molecular weight excluding hydrogens is 200 g/mol. The fourth-order valence-corrected chi connectivity index (χ4v) is 1.25. The molecule has 0 radical (unpaired) electrons. The predicted molar refractivity (Wildman–Crippen MR) is 65.7 cm³/mol. The quantitative estimate of drug-likeness (QED) is 0.848. The van der Waals surface area contributed by atoms with E-state index >= 15 is 0 Å². The van der Waals surface area contributed by atoms with Gasteiger partial charge in [-0.05, 0) is 17.5 Å². The van der Waals surface area contributed by atoms with Crippen LogP contribution in [-0.4, -0.2) is 13.7 Å². The number of hydrogen-bond donors (Lipinski definition) is 1. The summed E-state index contributed by atoms with van der Waals surface area (Å²) in [4.78, 5) is 0. The van der Waals surface area contributed by atoms with E-state index in [2.05, 4.69) is 32.2 Å². The Morgan fingerprint density at radius 1 is 1.38 bits per heavy atom. The number of nitriles is 1. The van der Waals surface area contributed by atoms with Gasteiger partial charge < -0.3 is 10.1 Å². The van der Waals surface area contributed by atoms with E-state index in [9.17, 15) is 0 Å². The van der Waals surface area contributed by atoms with Crippen LogP contribution in [0.3, 0.4) is 0 Å². The number of benzene rings is 1. The Morgan fingerprint density at radius 3 is 2.56 bits per heavy atom. The first-order chi connectivity index (χ1) is 7.46. The van der Waals surface area contributed by atoms with Gasteiger partial charge in [0.25, 0.3) is 0 Å². The first-order valence-electron chi connectivity index (χ1n) is 5.28. The Hall–Kier alpha value is -1.69. The van der Waals surface area contributed by atoms with Crippen LogP contribution >= 0.6 is 0 Å². The van der Waals surface area contributed by atoms with Crippen LogP contribution in [0.15, 0.2) is 18.2 Å². The van der Waals surface area contributed by atoms with Crippen molar-refractivity contribution in [3.05, 3.63) is 23.8 Å². The molecule has 86 valence electrons. The van der Waals surface area contributed by atoms with Gasteiger partial charge in [-0.3, -0.25) is 0 Å². The second kappa shape index (κ2) is 4.89. The maximum absolute atomic E-state index is 8.98. The molecule has 0 aliphatic rings. The van der Waals surface area contributed by atoms with Crippen molar-refractivity contribution in [3.8, 4) is 11.8 Å². The third-order valence-electron chi connectivity index (χ3n) is 2.16. The SMILES string of the molecule is COc1ccc(C#N)c(NCC(C)(C)C)c1. The van der Waals surface area contributed by atoms with Gasteiger partial charge in [0.2, 0.25) is 0 Å². The average Bonchev–Trinajstić information content (AvgIpc) is 2.25. The summed E-state index contributed by atoms with van der Waals surface area (Å²) >= 11 is 0. The Labute approximate surface area is 97.0 Å². The number of ether oxygens (including phenoxy) is 1. The summed E-state index contributed by atoms with van der Waals surface area (Å²) < 4.78 is 5.14. The topological polar surface area (TPSA) is 45.0 Å². The molecule has 0 aliphatic carbocycles. The minimum absolute atomic E-state index is 0.176. The zero-order valence-electron chi connectivity index (χ0n) is 10.3. The van der Waals surface area contributed by atoms with Crippen molar-refractivity contribution in [1.29, 1.82) is 5.26 Å². The fraction of sp³-hybridized carbons (Fsp3) is 0.462. The van der Waals surface area contributed by atoms with Gasteiger partial charge in [0, 0.05) is 12.6 Å². The van der Waals surface area contributed by atoms with Crippen molar-refractivity contribution < 1.29 is 4.74 Å². The lowest BCUT2D eigenvalue weighted by molar-refractivity contribution is 0.414. The Kier molecular flexibility index (Phi) is 3.78. The highest BCUT2D eigenvalue weighted by Crippen LogP contribution is 2.23. The highest BCUT2D eigenvalue weighted by molar-refractivity contribution is 5.60. The van der Waals surface area contributed by atoms with Crippen LogP contribution in [0.2, 0.25) is 0 Å². The van der Waals surface area contributed by atoms with E-state index in [0.717, 1.165) is 18.0 Å². The summed E-state index contributed by atoms with van der Waals surface area (Å²) in [5, 5.41) is 12.3. The largest absolute Gasteiger partial charge is 0.497 e. The minimum Gasteiger partial charge on any atom is -0.497 e. The van der Waals surface area contributed by atoms with Crippen LogP contribution in [0, 0.1) is 16.7 Å². The van der Waals surface area contributed by atoms with Gasteiger partial charge >= 0.3 is 0 Å². The molecule has 1 aromatic rings. The normalized spacial score (nSPS) is 10.7. The van der Waals surface area contributed by atoms with E-state index in [1.807, 2.05) is 6.07 Å². The molecule has 0 fully saturated rings. The summed E-state index contributed by atoms with van der Waals surface area (Å²) in [5.41, 5.74) is 1.65. The summed E-state index contributed by atoms with van der Waals surface area (Å²) in [7, 11) is 1.62. The maximum Gasteiger partial charge on any atom is 0.121 e. The number of hydrogen-bond acceptors (Lipinski definition) is 3. The molecule has 16 heavy (non-hydrogen) atoms. The molecule has 3 heteroatoms. The van der Waals surface area contributed by atoms with Crippen molar-refractivity contribution in [1.82, 2.24) is 0 Å². The lowest BCUT2D eigenvalue weighted by Crippen LogP contribution is -2.19. The van der Waals surface area contributed by atoms with Crippen LogP contribution in [0.25, 0.3) is 0 Å². The molecule has 0 aliphatic heterocycles. The van der Waals surface area contributed by atoms with Crippen LogP contribution < -0.4 is 10.1 Å². The lowest BCUT2D eigenvalue weighted by Gasteiger charge is -2.20. The highest BCUT2D eigenvalue weighted by atomic mass is 16.5. The molecule has 3 nitrogen and oxygen atoms in total. The highest BCUT2D eigenvalue weighted by Gasteiger charge is 2.11. The van der Waals surface area contributed by atoms with Gasteiger partial charge in [-0.2, -0.15) is 5.26 Å². The molecule has 0 heterocycles. The lowest BCUT2D eigenvalue weighted by atomic mass is 9.96. The molecule has 0 spiro atoms. The van der Waals surface area contributed by atoms with Crippen LogP contribution in [-0.2, 0) is 0 Å². The molecule has 0 bridgehead atoms.